The maximum Gasteiger partial charge on any atom is 0.230 e. The number of nitrogens with one attached hydrogen (secondary N) is 3. The Morgan fingerprint density at radius 3 is 2.66 bits per heavy atom. The number of carbonyl (C=O) groups is 2. The molecule has 0 atom stereocenters. The van der Waals surface area contributed by atoms with E-state index in [9.17, 15) is 9.59 Å². The summed E-state index contributed by atoms with van der Waals surface area (Å²) in [5, 5.41) is 17.6. The SMILES string of the molecule is CC(=O)Nc1cccc(Nc2nnc(SCC(=O)NCc3ccccc3C)s2)c1. The number of hydrogen-bond donors (Lipinski definition) is 3. The van der Waals surface area contributed by atoms with Gasteiger partial charge in [-0.05, 0) is 36.2 Å². The van der Waals surface area contributed by atoms with Gasteiger partial charge < -0.3 is 16.0 Å². The van der Waals surface area contributed by atoms with Gasteiger partial charge >= 0.3 is 0 Å². The molecule has 3 N–H and O–H groups in total. The van der Waals surface area contributed by atoms with Crippen molar-refractivity contribution in [2.24, 2.45) is 0 Å². The van der Waals surface area contributed by atoms with Crippen molar-refractivity contribution in [3.8, 4) is 0 Å². The molecule has 0 radical (unpaired) electrons. The second kappa shape index (κ2) is 10.0. The third-order valence-electron chi connectivity index (χ3n) is 3.90. The average molecular weight is 428 g/mol. The fraction of sp³-hybridized carbons (Fsp3) is 0.200. The maximum absolute atomic E-state index is 12.1. The number of thioether (sulfide) groups is 1. The second-order valence-corrected chi connectivity index (χ2v) is 8.45. The smallest absolute Gasteiger partial charge is 0.230 e. The van der Waals surface area contributed by atoms with Crippen molar-refractivity contribution in [1.82, 2.24) is 15.5 Å². The van der Waals surface area contributed by atoms with E-state index in [2.05, 4.69) is 26.1 Å². The van der Waals surface area contributed by atoms with Crippen molar-refractivity contribution in [3.63, 3.8) is 0 Å². The van der Waals surface area contributed by atoms with Crippen LogP contribution in [0.2, 0.25) is 0 Å². The molecule has 0 aliphatic heterocycles. The maximum atomic E-state index is 12.1. The largest absolute Gasteiger partial charge is 0.351 e. The minimum atomic E-state index is -0.127. The summed E-state index contributed by atoms with van der Waals surface area (Å²) in [6.07, 6.45) is 0. The van der Waals surface area contributed by atoms with Crippen LogP contribution < -0.4 is 16.0 Å². The lowest BCUT2D eigenvalue weighted by Crippen LogP contribution is -2.24. The fourth-order valence-corrected chi connectivity index (χ4v) is 4.10. The van der Waals surface area contributed by atoms with Crippen LogP contribution in [0.5, 0.6) is 0 Å². The molecule has 9 heteroatoms. The van der Waals surface area contributed by atoms with Crippen LogP contribution in [0.1, 0.15) is 18.1 Å². The number of amides is 2. The van der Waals surface area contributed by atoms with Crippen LogP contribution in [0.15, 0.2) is 52.9 Å². The minimum absolute atomic E-state index is 0.0500. The molecule has 29 heavy (non-hydrogen) atoms. The molecule has 0 aliphatic rings. The Kier molecular flexibility index (Phi) is 7.20. The molecular formula is C20H21N5O2S2. The van der Waals surface area contributed by atoms with E-state index in [4.69, 9.17) is 0 Å². The summed E-state index contributed by atoms with van der Waals surface area (Å²) in [5.74, 6) is 0.0989. The molecule has 0 saturated carbocycles. The fourth-order valence-electron chi connectivity index (χ4n) is 2.50. The van der Waals surface area contributed by atoms with Crippen LogP contribution in [-0.4, -0.2) is 27.8 Å². The molecule has 2 amide bonds. The molecule has 3 rings (SSSR count). The third kappa shape index (κ3) is 6.58. The lowest BCUT2D eigenvalue weighted by molar-refractivity contribution is -0.118. The first-order valence-corrected chi connectivity index (χ1v) is 10.7. The van der Waals surface area contributed by atoms with E-state index in [1.807, 2.05) is 55.5 Å². The monoisotopic (exact) mass is 427 g/mol. The second-order valence-electron chi connectivity index (χ2n) is 6.25. The van der Waals surface area contributed by atoms with E-state index in [1.54, 1.807) is 0 Å². The number of aryl methyl sites for hydroxylation is 1. The average Bonchev–Trinajstić information content (AvgIpc) is 3.13. The summed E-state index contributed by atoms with van der Waals surface area (Å²) < 4.78 is 0.705. The van der Waals surface area contributed by atoms with E-state index in [1.165, 1.54) is 30.0 Å². The number of rotatable bonds is 8. The molecule has 7 nitrogen and oxygen atoms in total. The lowest BCUT2D eigenvalue weighted by Gasteiger charge is -2.07. The zero-order chi connectivity index (χ0) is 20.6. The van der Waals surface area contributed by atoms with Crippen LogP contribution in [0, 0.1) is 6.92 Å². The van der Waals surface area contributed by atoms with Crippen LogP contribution in [0.25, 0.3) is 0 Å². The van der Waals surface area contributed by atoms with Crippen LogP contribution >= 0.6 is 23.1 Å². The summed E-state index contributed by atoms with van der Waals surface area (Å²) in [6.45, 7) is 4.00. The zero-order valence-corrected chi connectivity index (χ0v) is 17.7. The Balaban J connectivity index is 1.48. The number of hydrogen-bond acceptors (Lipinski definition) is 7. The zero-order valence-electron chi connectivity index (χ0n) is 16.1. The van der Waals surface area contributed by atoms with Gasteiger partial charge in [0.15, 0.2) is 4.34 Å². The summed E-state index contributed by atoms with van der Waals surface area (Å²) >= 11 is 2.72. The molecule has 1 heterocycles. The normalized spacial score (nSPS) is 10.4. The highest BCUT2D eigenvalue weighted by molar-refractivity contribution is 8.01. The van der Waals surface area contributed by atoms with Crippen molar-refractivity contribution < 1.29 is 9.59 Å². The van der Waals surface area contributed by atoms with E-state index in [-0.39, 0.29) is 17.6 Å². The Hall–Kier alpha value is -2.91. The first kappa shape index (κ1) is 20.8. The molecule has 150 valence electrons. The topological polar surface area (TPSA) is 96.0 Å². The highest BCUT2D eigenvalue weighted by atomic mass is 32.2. The van der Waals surface area contributed by atoms with E-state index in [0.717, 1.165) is 16.8 Å². The van der Waals surface area contributed by atoms with E-state index >= 15 is 0 Å². The highest BCUT2D eigenvalue weighted by Crippen LogP contribution is 2.28. The number of aromatic nitrogens is 2. The van der Waals surface area contributed by atoms with Gasteiger partial charge in [-0.3, -0.25) is 9.59 Å². The van der Waals surface area contributed by atoms with Crippen LogP contribution in [0.4, 0.5) is 16.5 Å². The lowest BCUT2D eigenvalue weighted by atomic mass is 10.1. The first-order valence-electron chi connectivity index (χ1n) is 8.92. The number of benzene rings is 2. The van der Waals surface area contributed by atoms with Gasteiger partial charge in [0.2, 0.25) is 16.9 Å². The van der Waals surface area contributed by atoms with Crippen molar-refractivity contribution in [3.05, 3.63) is 59.7 Å². The molecule has 0 saturated heterocycles. The highest BCUT2D eigenvalue weighted by Gasteiger charge is 2.09. The molecular weight excluding hydrogens is 406 g/mol. The van der Waals surface area contributed by atoms with E-state index in [0.29, 0.717) is 21.7 Å². The van der Waals surface area contributed by atoms with Crippen LogP contribution in [-0.2, 0) is 16.1 Å². The first-order chi connectivity index (χ1) is 14.0. The Labute approximate surface area is 177 Å². The molecule has 0 bridgehead atoms. The predicted octanol–water partition coefficient (Wildman–Crippen LogP) is 3.96. The number of carbonyl (C=O) groups excluding carboxylic acids is 2. The van der Waals surface area contributed by atoms with Crippen molar-refractivity contribution in [1.29, 1.82) is 0 Å². The Morgan fingerprint density at radius 2 is 1.86 bits per heavy atom. The molecule has 0 aliphatic carbocycles. The van der Waals surface area contributed by atoms with Gasteiger partial charge in [-0.2, -0.15) is 0 Å². The number of nitrogens with zero attached hydrogens (tertiary/aromatic N) is 2. The predicted molar refractivity (Wildman–Crippen MR) is 118 cm³/mol. The Morgan fingerprint density at radius 1 is 1.07 bits per heavy atom. The van der Waals surface area contributed by atoms with Gasteiger partial charge in [0.25, 0.3) is 0 Å². The van der Waals surface area contributed by atoms with Gasteiger partial charge in [0.1, 0.15) is 0 Å². The van der Waals surface area contributed by atoms with Crippen molar-refractivity contribution >= 4 is 51.4 Å². The summed E-state index contributed by atoms with van der Waals surface area (Å²) in [6, 6.07) is 15.3. The molecule has 3 aromatic rings. The van der Waals surface area contributed by atoms with Gasteiger partial charge in [-0.25, -0.2) is 0 Å². The minimum Gasteiger partial charge on any atom is -0.351 e. The molecule has 0 spiro atoms. The Bertz CT molecular complexity index is 1010. The van der Waals surface area contributed by atoms with Gasteiger partial charge in [-0.15, -0.1) is 10.2 Å². The number of anilines is 3. The third-order valence-corrected chi connectivity index (χ3v) is 5.88. The molecule has 0 unspecified atom stereocenters. The van der Waals surface area contributed by atoms with Crippen molar-refractivity contribution in [2.45, 2.75) is 24.7 Å². The quantitative estimate of drug-likeness (QED) is 0.471. The van der Waals surface area contributed by atoms with Gasteiger partial charge in [-0.1, -0.05) is 53.4 Å². The van der Waals surface area contributed by atoms with Gasteiger partial charge in [0, 0.05) is 24.8 Å². The summed E-state index contributed by atoms with van der Waals surface area (Å²) in [7, 11) is 0. The summed E-state index contributed by atoms with van der Waals surface area (Å²) in [5.41, 5.74) is 3.75. The molecule has 1 aromatic heterocycles. The molecule has 0 fully saturated rings. The van der Waals surface area contributed by atoms with Crippen molar-refractivity contribution in [2.75, 3.05) is 16.4 Å². The molecule has 2 aromatic carbocycles. The van der Waals surface area contributed by atoms with Gasteiger partial charge in [0.05, 0.1) is 5.75 Å². The van der Waals surface area contributed by atoms with Crippen LogP contribution in [0.3, 0.4) is 0 Å². The standard InChI is InChI=1S/C20H21N5O2S2/c1-13-6-3-4-7-15(13)11-21-18(27)12-28-20-25-24-19(29-20)23-17-9-5-8-16(10-17)22-14(2)26/h3-10H,11-12H2,1-2H3,(H,21,27)(H,22,26)(H,23,24). The summed E-state index contributed by atoms with van der Waals surface area (Å²) in [4.78, 5) is 23.3. The van der Waals surface area contributed by atoms with E-state index < -0.39 is 0 Å².